The molecule has 0 fully saturated rings. The van der Waals surface area contributed by atoms with E-state index in [9.17, 15) is 0 Å². The van der Waals surface area contributed by atoms with Crippen molar-refractivity contribution in [1.29, 1.82) is 0 Å². The second kappa shape index (κ2) is 7.39. The molecular weight excluding hydrogens is 256 g/mol. The number of hydrogen-bond acceptors (Lipinski definition) is 2. The van der Waals surface area contributed by atoms with E-state index in [4.69, 9.17) is 5.73 Å². The van der Waals surface area contributed by atoms with Crippen LogP contribution in [-0.2, 0) is 6.54 Å². The SMILES string of the molecule is Cc1ccc(C(C)N(CCN)Cc2ccccc2)c(C)c1. The van der Waals surface area contributed by atoms with Gasteiger partial charge in [0.15, 0.2) is 0 Å². The molecule has 0 saturated heterocycles. The summed E-state index contributed by atoms with van der Waals surface area (Å²) in [5, 5.41) is 0. The minimum Gasteiger partial charge on any atom is -0.329 e. The molecule has 0 amide bonds. The predicted octanol–water partition coefficient (Wildman–Crippen LogP) is 3.83. The first-order valence-corrected chi connectivity index (χ1v) is 7.67. The maximum atomic E-state index is 5.82. The van der Waals surface area contributed by atoms with Crippen molar-refractivity contribution in [2.75, 3.05) is 13.1 Å². The molecule has 21 heavy (non-hydrogen) atoms. The van der Waals surface area contributed by atoms with Crippen molar-refractivity contribution in [3.8, 4) is 0 Å². The van der Waals surface area contributed by atoms with Gasteiger partial charge in [0.25, 0.3) is 0 Å². The Morgan fingerprint density at radius 3 is 2.38 bits per heavy atom. The fourth-order valence-corrected chi connectivity index (χ4v) is 2.88. The van der Waals surface area contributed by atoms with Crippen LogP contribution in [0.2, 0.25) is 0 Å². The molecule has 0 aromatic heterocycles. The minimum atomic E-state index is 0.370. The monoisotopic (exact) mass is 282 g/mol. The van der Waals surface area contributed by atoms with Crippen LogP contribution in [0, 0.1) is 13.8 Å². The highest BCUT2D eigenvalue weighted by Gasteiger charge is 2.17. The smallest absolute Gasteiger partial charge is 0.0326 e. The average molecular weight is 282 g/mol. The molecule has 2 aromatic rings. The van der Waals surface area contributed by atoms with E-state index in [0.29, 0.717) is 12.6 Å². The molecular formula is C19H26N2. The Morgan fingerprint density at radius 2 is 1.76 bits per heavy atom. The first-order chi connectivity index (χ1) is 10.1. The van der Waals surface area contributed by atoms with Gasteiger partial charge < -0.3 is 5.73 Å². The van der Waals surface area contributed by atoms with E-state index in [1.807, 2.05) is 0 Å². The molecule has 112 valence electrons. The molecule has 0 bridgehead atoms. The third kappa shape index (κ3) is 4.16. The summed E-state index contributed by atoms with van der Waals surface area (Å²) in [4.78, 5) is 2.45. The summed E-state index contributed by atoms with van der Waals surface area (Å²) >= 11 is 0. The van der Waals surface area contributed by atoms with E-state index in [1.54, 1.807) is 0 Å². The third-order valence-corrected chi connectivity index (χ3v) is 4.07. The van der Waals surface area contributed by atoms with Crippen LogP contribution >= 0.6 is 0 Å². The number of benzene rings is 2. The van der Waals surface area contributed by atoms with Crippen molar-refractivity contribution in [3.63, 3.8) is 0 Å². The van der Waals surface area contributed by atoms with Crippen LogP contribution in [0.15, 0.2) is 48.5 Å². The first kappa shape index (κ1) is 15.7. The third-order valence-electron chi connectivity index (χ3n) is 4.07. The molecule has 0 heterocycles. The largest absolute Gasteiger partial charge is 0.329 e. The molecule has 0 saturated carbocycles. The lowest BCUT2D eigenvalue weighted by Gasteiger charge is -2.30. The molecule has 2 heteroatoms. The van der Waals surface area contributed by atoms with Crippen LogP contribution in [0.1, 0.15) is 35.2 Å². The number of aryl methyl sites for hydroxylation is 2. The highest BCUT2D eigenvalue weighted by Crippen LogP contribution is 2.25. The van der Waals surface area contributed by atoms with Gasteiger partial charge >= 0.3 is 0 Å². The Bertz CT molecular complexity index is 563. The van der Waals surface area contributed by atoms with Crippen molar-refractivity contribution < 1.29 is 0 Å². The molecule has 0 spiro atoms. The Kier molecular flexibility index (Phi) is 5.54. The first-order valence-electron chi connectivity index (χ1n) is 7.67. The molecule has 0 aliphatic carbocycles. The highest BCUT2D eigenvalue weighted by molar-refractivity contribution is 5.32. The summed E-state index contributed by atoms with van der Waals surface area (Å²) in [6, 6.07) is 17.7. The van der Waals surface area contributed by atoms with Crippen LogP contribution in [-0.4, -0.2) is 18.0 Å². The summed E-state index contributed by atoms with van der Waals surface area (Å²) < 4.78 is 0. The van der Waals surface area contributed by atoms with Gasteiger partial charge in [-0.3, -0.25) is 4.90 Å². The number of nitrogens with two attached hydrogens (primary N) is 1. The van der Waals surface area contributed by atoms with E-state index < -0.39 is 0 Å². The summed E-state index contributed by atoms with van der Waals surface area (Å²) in [5.41, 5.74) is 11.2. The molecule has 2 N–H and O–H groups in total. The van der Waals surface area contributed by atoms with Crippen LogP contribution in [0.5, 0.6) is 0 Å². The van der Waals surface area contributed by atoms with Gasteiger partial charge in [-0.25, -0.2) is 0 Å². The summed E-state index contributed by atoms with van der Waals surface area (Å²) in [7, 11) is 0. The van der Waals surface area contributed by atoms with Crippen molar-refractivity contribution in [2.24, 2.45) is 5.73 Å². The van der Waals surface area contributed by atoms with Gasteiger partial charge in [-0.2, -0.15) is 0 Å². The lowest BCUT2D eigenvalue weighted by Crippen LogP contribution is -2.32. The zero-order valence-electron chi connectivity index (χ0n) is 13.3. The van der Waals surface area contributed by atoms with Crippen LogP contribution < -0.4 is 5.73 Å². The number of hydrogen-bond donors (Lipinski definition) is 1. The molecule has 2 nitrogen and oxygen atoms in total. The van der Waals surface area contributed by atoms with Gasteiger partial charge in [-0.1, -0.05) is 54.1 Å². The standard InChI is InChI=1S/C19H26N2/c1-15-9-10-19(16(2)13-15)17(3)21(12-11-20)14-18-7-5-4-6-8-18/h4-10,13,17H,11-12,14,20H2,1-3H3. The van der Waals surface area contributed by atoms with Crippen molar-refractivity contribution in [3.05, 3.63) is 70.8 Å². The fraction of sp³-hybridized carbons (Fsp3) is 0.368. The molecule has 1 unspecified atom stereocenters. The van der Waals surface area contributed by atoms with Gasteiger partial charge in [0.1, 0.15) is 0 Å². The Morgan fingerprint density at radius 1 is 1.05 bits per heavy atom. The number of nitrogens with zero attached hydrogens (tertiary/aromatic N) is 1. The summed E-state index contributed by atoms with van der Waals surface area (Å²) in [6.07, 6.45) is 0. The minimum absolute atomic E-state index is 0.370. The molecule has 0 aliphatic rings. The molecule has 0 aliphatic heterocycles. The second-order valence-corrected chi connectivity index (χ2v) is 5.78. The zero-order chi connectivity index (χ0) is 15.2. The Balaban J connectivity index is 2.20. The van der Waals surface area contributed by atoms with Crippen LogP contribution in [0.25, 0.3) is 0 Å². The van der Waals surface area contributed by atoms with Crippen molar-refractivity contribution in [2.45, 2.75) is 33.4 Å². The second-order valence-electron chi connectivity index (χ2n) is 5.78. The van der Waals surface area contributed by atoms with Gasteiger partial charge in [0.05, 0.1) is 0 Å². The summed E-state index contributed by atoms with van der Waals surface area (Å²) in [6.45, 7) is 9.14. The Hall–Kier alpha value is -1.64. The number of rotatable bonds is 6. The van der Waals surface area contributed by atoms with Crippen LogP contribution in [0.4, 0.5) is 0 Å². The normalized spacial score (nSPS) is 12.6. The lowest BCUT2D eigenvalue weighted by molar-refractivity contribution is 0.207. The molecule has 0 radical (unpaired) electrons. The van der Waals surface area contributed by atoms with Crippen LogP contribution in [0.3, 0.4) is 0 Å². The molecule has 2 rings (SSSR count). The summed E-state index contributed by atoms with van der Waals surface area (Å²) in [5.74, 6) is 0. The van der Waals surface area contributed by atoms with E-state index in [2.05, 4.69) is 74.2 Å². The molecule has 1 atom stereocenters. The molecule has 2 aromatic carbocycles. The highest BCUT2D eigenvalue weighted by atomic mass is 15.2. The maximum Gasteiger partial charge on any atom is 0.0326 e. The van der Waals surface area contributed by atoms with Crippen molar-refractivity contribution in [1.82, 2.24) is 4.90 Å². The van der Waals surface area contributed by atoms with Crippen molar-refractivity contribution >= 4 is 0 Å². The Labute approximate surface area is 128 Å². The van der Waals surface area contributed by atoms with Gasteiger partial charge in [-0.05, 0) is 37.5 Å². The quantitative estimate of drug-likeness (QED) is 0.872. The average Bonchev–Trinajstić information content (AvgIpc) is 2.47. The van der Waals surface area contributed by atoms with E-state index >= 15 is 0 Å². The van der Waals surface area contributed by atoms with Gasteiger partial charge in [0, 0.05) is 25.7 Å². The zero-order valence-corrected chi connectivity index (χ0v) is 13.3. The maximum absolute atomic E-state index is 5.82. The lowest BCUT2D eigenvalue weighted by atomic mass is 9.98. The van der Waals surface area contributed by atoms with Gasteiger partial charge in [0.2, 0.25) is 0 Å². The van der Waals surface area contributed by atoms with E-state index in [1.165, 1.54) is 22.3 Å². The van der Waals surface area contributed by atoms with E-state index in [-0.39, 0.29) is 0 Å². The predicted molar refractivity (Wildman–Crippen MR) is 90.2 cm³/mol. The van der Waals surface area contributed by atoms with Gasteiger partial charge in [-0.15, -0.1) is 0 Å². The van der Waals surface area contributed by atoms with E-state index in [0.717, 1.165) is 13.1 Å². The fourth-order valence-electron chi connectivity index (χ4n) is 2.88. The topological polar surface area (TPSA) is 29.3 Å².